The van der Waals surface area contributed by atoms with Crippen molar-refractivity contribution in [1.29, 1.82) is 0 Å². The molecule has 0 aromatic heterocycles. The summed E-state index contributed by atoms with van der Waals surface area (Å²) in [4.78, 5) is 0. The van der Waals surface area contributed by atoms with Crippen molar-refractivity contribution in [3.05, 3.63) is 12.7 Å². The molecule has 0 fully saturated rings. The molecule has 5 heavy (non-hydrogen) atoms. The molecule has 2 radical (unpaired) electrons. The molecule has 0 N–H and O–H groups in total. The number of allylic oxidation sites excluding steroid dienone is 1. The summed E-state index contributed by atoms with van der Waals surface area (Å²) in [5.74, 6) is 0. The van der Waals surface area contributed by atoms with E-state index >= 15 is 0 Å². The predicted octanol–water partition coefficient (Wildman–Crippen LogP) is 1.97. The highest BCUT2D eigenvalue weighted by Crippen LogP contribution is 1.84. The number of hydrogen-bond donors (Lipinski definition) is 0. The molecule has 0 aromatic carbocycles. The van der Waals surface area contributed by atoms with Gasteiger partial charge in [0.25, 0.3) is 0 Å². The van der Waals surface area contributed by atoms with Crippen LogP contribution in [-0.2, 0) is 0 Å². The summed E-state index contributed by atoms with van der Waals surface area (Å²) in [5, 5.41) is 0. The molecule has 0 spiro atoms. The fourth-order valence-corrected chi connectivity index (χ4v) is 0.274. The zero-order valence-electron chi connectivity index (χ0n) is 3.15. The second kappa shape index (κ2) is 4.17. The molecule has 0 aliphatic rings. The minimum Gasteiger partial charge on any atom is -0.103 e. The summed E-state index contributed by atoms with van der Waals surface area (Å²) < 4.78 is 0. The van der Waals surface area contributed by atoms with E-state index in [0.717, 1.165) is 12.6 Å². The van der Waals surface area contributed by atoms with Crippen LogP contribution in [0.1, 0.15) is 6.42 Å². The van der Waals surface area contributed by atoms with Crippen molar-refractivity contribution in [3.63, 3.8) is 0 Å². The fourth-order valence-electron chi connectivity index (χ4n) is 0.0913. The quantitative estimate of drug-likeness (QED) is 0.356. The van der Waals surface area contributed by atoms with Crippen LogP contribution in [0.25, 0.3) is 0 Å². The van der Waals surface area contributed by atoms with Crippen LogP contribution < -0.4 is 0 Å². The normalized spacial score (nSPS) is 7.40. The number of hydrogen-bond acceptors (Lipinski definition) is 0. The standard InChI is InChI=1S/C4H7P/c1-2-3-4-5/h2H,1,3-4H2. The molecule has 0 atom stereocenters. The highest BCUT2D eigenvalue weighted by Gasteiger charge is 1.63. The molecule has 0 unspecified atom stereocenters. The van der Waals surface area contributed by atoms with E-state index in [0.29, 0.717) is 0 Å². The summed E-state index contributed by atoms with van der Waals surface area (Å²) in [6, 6.07) is 0. The number of rotatable bonds is 2. The first-order chi connectivity index (χ1) is 2.41. The molecule has 28 valence electrons. The molecular formula is C4H7P. The van der Waals surface area contributed by atoms with Crippen molar-refractivity contribution in [3.8, 4) is 0 Å². The third-order valence-corrected chi connectivity index (χ3v) is 0.591. The van der Waals surface area contributed by atoms with Crippen molar-refractivity contribution >= 4 is 9.24 Å². The Morgan fingerprint density at radius 3 is 2.40 bits per heavy atom. The Bertz CT molecular complexity index is 24.8. The van der Waals surface area contributed by atoms with Gasteiger partial charge in [0.1, 0.15) is 0 Å². The zero-order chi connectivity index (χ0) is 4.12. The van der Waals surface area contributed by atoms with E-state index in [2.05, 4.69) is 15.8 Å². The maximum Gasteiger partial charge on any atom is -0.0207 e. The lowest BCUT2D eigenvalue weighted by Crippen LogP contribution is -1.58. The molecule has 0 heterocycles. The van der Waals surface area contributed by atoms with E-state index in [1.807, 2.05) is 6.08 Å². The maximum atomic E-state index is 3.93. The van der Waals surface area contributed by atoms with Gasteiger partial charge in [-0.25, -0.2) is 0 Å². The average Bonchev–Trinajstić information content (AvgIpc) is 1.41. The van der Waals surface area contributed by atoms with Gasteiger partial charge in [-0.2, -0.15) is 0 Å². The molecule has 0 aromatic rings. The van der Waals surface area contributed by atoms with Crippen molar-refractivity contribution < 1.29 is 0 Å². The van der Waals surface area contributed by atoms with Crippen LogP contribution in [-0.4, -0.2) is 6.16 Å². The Morgan fingerprint density at radius 1 is 1.80 bits per heavy atom. The van der Waals surface area contributed by atoms with E-state index in [-0.39, 0.29) is 0 Å². The topological polar surface area (TPSA) is 0 Å². The summed E-state index contributed by atoms with van der Waals surface area (Å²) >= 11 is 0. The van der Waals surface area contributed by atoms with Gasteiger partial charge in [-0.1, -0.05) is 6.08 Å². The van der Waals surface area contributed by atoms with E-state index in [1.54, 1.807) is 0 Å². The summed E-state index contributed by atoms with van der Waals surface area (Å²) in [7, 11) is 3.93. The average molecular weight is 86.1 g/mol. The van der Waals surface area contributed by atoms with Gasteiger partial charge in [-0.15, -0.1) is 6.58 Å². The second-order valence-corrected chi connectivity index (χ2v) is 1.25. The lowest BCUT2D eigenvalue weighted by atomic mass is 10.5. The van der Waals surface area contributed by atoms with Gasteiger partial charge in [0.2, 0.25) is 0 Å². The molecule has 0 amide bonds. The van der Waals surface area contributed by atoms with Crippen molar-refractivity contribution in [2.45, 2.75) is 6.42 Å². The highest BCUT2D eigenvalue weighted by molar-refractivity contribution is 7.16. The minimum atomic E-state index is 0.920. The Labute approximate surface area is 35.5 Å². The molecule has 0 rings (SSSR count). The van der Waals surface area contributed by atoms with Crippen LogP contribution in [0.2, 0.25) is 0 Å². The predicted molar refractivity (Wildman–Crippen MR) is 26.6 cm³/mol. The third kappa shape index (κ3) is 4.17. The van der Waals surface area contributed by atoms with Gasteiger partial charge >= 0.3 is 0 Å². The lowest BCUT2D eigenvalue weighted by Gasteiger charge is -1.71. The first-order valence-electron chi connectivity index (χ1n) is 1.63. The van der Waals surface area contributed by atoms with Crippen molar-refractivity contribution in [2.75, 3.05) is 6.16 Å². The van der Waals surface area contributed by atoms with Crippen LogP contribution in [0.3, 0.4) is 0 Å². The van der Waals surface area contributed by atoms with E-state index in [4.69, 9.17) is 0 Å². The van der Waals surface area contributed by atoms with Gasteiger partial charge in [0.05, 0.1) is 0 Å². The summed E-state index contributed by atoms with van der Waals surface area (Å²) in [6.07, 6.45) is 3.79. The van der Waals surface area contributed by atoms with Crippen LogP contribution in [0, 0.1) is 0 Å². The van der Waals surface area contributed by atoms with E-state index in [1.165, 1.54) is 0 Å². The molecule has 0 nitrogen and oxygen atoms in total. The highest BCUT2D eigenvalue weighted by atomic mass is 31.0. The molecule has 0 saturated heterocycles. The van der Waals surface area contributed by atoms with Crippen LogP contribution in [0.15, 0.2) is 12.7 Å². The smallest absolute Gasteiger partial charge is 0.0207 e. The van der Waals surface area contributed by atoms with E-state index in [9.17, 15) is 0 Å². The molecule has 0 saturated carbocycles. The largest absolute Gasteiger partial charge is 0.103 e. The van der Waals surface area contributed by atoms with Gasteiger partial charge in [0.15, 0.2) is 0 Å². The Hall–Kier alpha value is 0.170. The molecule has 0 bridgehead atoms. The van der Waals surface area contributed by atoms with E-state index < -0.39 is 0 Å². The summed E-state index contributed by atoms with van der Waals surface area (Å²) in [5.41, 5.74) is 0. The van der Waals surface area contributed by atoms with Crippen molar-refractivity contribution in [2.24, 2.45) is 0 Å². The SMILES string of the molecule is C=CCC[P]. The van der Waals surface area contributed by atoms with Crippen LogP contribution >= 0.6 is 9.24 Å². The monoisotopic (exact) mass is 86.0 g/mol. The van der Waals surface area contributed by atoms with Crippen molar-refractivity contribution in [1.82, 2.24) is 0 Å². The zero-order valence-corrected chi connectivity index (χ0v) is 4.04. The van der Waals surface area contributed by atoms with Gasteiger partial charge < -0.3 is 0 Å². The molecular weight excluding hydrogens is 79.0 g/mol. The van der Waals surface area contributed by atoms with Gasteiger partial charge in [0, 0.05) is 0 Å². The third-order valence-electron chi connectivity index (χ3n) is 0.333. The summed E-state index contributed by atoms with van der Waals surface area (Å²) in [6.45, 7) is 3.50. The second-order valence-electron chi connectivity index (χ2n) is 0.801. The van der Waals surface area contributed by atoms with Crippen LogP contribution in [0.4, 0.5) is 0 Å². The minimum absolute atomic E-state index is 0.920. The van der Waals surface area contributed by atoms with Gasteiger partial charge in [-0.3, -0.25) is 0 Å². The molecule has 0 aliphatic carbocycles. The Balaban J connectivity index is 2.40. The lowest BCUT2D eigenvalue weighted by molar-refractivity contribution is 1.26. The first kappa shape index (κ1) is 5.17. The van der Waals surface area contributed by atoms with Crippen LogP contribution in [0.5, 0.6) is 0 Å². The first-order valence-corrected chi connectivity index (χ1v) is 2.27. The van der Waals surface area contributed by atoms with Gasteiger partial charge in [-0.05, 0) is 21.8 Å². The Kier molecular flexibility index (Phi) is 4.31. The molecule has 1 heteroatoms. The Morgan fingerprint density at radius 2 is 2.40 bits per heavy atom. The molecule has 0 aliphatic heterocycles. The maximum absolute atomic E-state index is 3.93. The fraction of sp³-hybridized carbons (Fsp3) is 0.500.